The highest BCUT2D eigenvalue weighted by atomic mass is 16.4. The topological polar surface area (TPSA) is 127 Å². The van der Waals surface area contributed by atoms with Crippen molar-refractivity contribution < 1.29 is 19.5 Å². The molecule has 0 aliphatic heterocycles. The number of aliphatic carboxylic acids is 1. The molecule has 0 bridgehead atoms. The van der Waals surface area contributed by atoms with Gasteiger partial charge in [0.2, 0.25) is 11.8 Å². The van der Waals surface area contributed by atoms with Crippen molar-refractivity contribution >= 4 is 17.8 Å². The van der Waals surface area contributed by atoms with E-state index >= 15 is 0 Å². The summed E-state index contributed by atoms with van der Waals surface area (Å²) in [6, 6.07) is -2.20. The molecule has 0 aromatic carbocycles. The minimum Gasteiger partial charge on any atom is -0.480 e. The molecular weight excluding hydrogens is 226 g/mol. The first-order chi connectivity index (χ1) is 7.73. The van der Waals surface area contributed by atoms with Gasteiger partial charge >= 0.3 is 5.97 Å². The molecule has 7 nitrogen and oxygen atoms in total. The van der Waals surface area contributed by atoms with Crippen molar-refractivity contribution in [3.8, 4) is 0 Å². The zero-order valence-corrected chi connectivity index (χ0v) is 10.2. The van der Waals surface area contributed by atoms with Gasteiger partial charge in [-0.15, -0.1) is 0 Å². The molecule has 0 aromatic heterocycles. The highest BCUT2D eigenvalue weighted by molar-refractivity contribution is 6.01. The van der Waals surface area contributed by atoms with Gasteiger partial charge in [-0.3, -0.25) is 14.5 Å². The largest absolute Gasteiger partial charge is 0.480 e. The van der Waals surface area contributed by atoms with E-state index in [1.165, 1.54) is 6.92 Å². The molecule has 2 amide bonds. The van der Waals surface area contributed by atoms with E-state index in [-0.39, 0.29) is 5.92 Å². The molecule has 0 saturated carbocycles. The molecule has 98 valence electrons. The Balaban J connectivity index is 5.13. The summed E-state index contributed by atoms with van der Waals surface area (Å²) >= 11 is 0. The van der Waals surface area contributed by atoms with Crippen LogP contribution >= 0.6 is 0 Å². The molecular formula is C10H19N3O4. The fraction of sp³-hybridized carbons (Fsp3) is 0.700. The van der Waals surface area contributed by atoms with Crippen LogP contribution in [0.25, 0.3) is 0 Å². The molecule has 0 saturated heterocycles. The lowest BCUT2D eigenvalue weighted by Gasteiger charge is -2.28. The minimum absolute atomic E-state index is 0.198. The average molecular weight is 245 g/mol. The normalized spacial score (nSPS) is 14.2. The Hall–Kier alpha value is -1.47. The van der Waals surface area contributed by atoms with Crippen LogP contribution in [0.15, 0.2) is 0 Å². The Bertz CT molecular complexity index is 317. The fourth-order valence-corrected chi connectivity index (χ4v) is 1.18. The van der Waals surface area contributed by atoms with Crippen molar-refractivity contribution in [3.05, 3.63) is 0 Å². The number of carboxylic acids is 1. The molecule has 0 heterocycles. The molecule has 17 heavy (non-hydrogen) atoms. The van der Waals surface area contributed by atoms with E-state index in [9.17, 15) is 14.4 Å². The second-order valence-corrected chi connectivity index (χ2v) is 4.09. The quantitative estimate of drug-likeness (QED) is 0.556. The molecule has 0 fully saturated rings. The van der Waals surface area contributed by atoms with E-state index < -0.39 is 36.4 Å². The van der Waals surface area contributed by atoms with E-state index in [0.29, 0.717) is 4.90 Å². The molecule has 0 aromatic rings. The molecule has 0 aliphatic rings. The van der Waals surface area contributed by atoms with Crippen LogP contribution in [0.1, 0.15) is 20.8 Å². The third-order valence-corrected chi connectivity index (χ3v) is 2.43. The zero-order chi connectivity index (χ0) is 13.7. The first-order valence-electron chi connectivity index (χ1n) is 5.28. The SMILES string of the molecule is CC(C)C(N)C(=O)N(C(=O)CN)C(C)C(=O)O. The highest BCUT2D eigenvalue weighted by Gasteiger charge is 2.34. The molecule has 0 spiro atoms. The molecule has 0 aliphatic carbocycles. The number of hydrogen-bond acceptors (Lipinski definition) is 5. The number of carboxylic acid groups (broad SMARTS) is 1. The lowest BCUT2D eigenvalue weighted by molar-refractivity contribution is -0.157. The summed E-state index contributed by atoms with van der Waals surface area (Å²) < 4.78 is 0. The summed E-state index contributed by atoms with van der Waals surface area (Å²) in [6.45, 7) is 4.22. The van der Waals surface area contributed by atoms with Gasteiger partial charge in [-0.05, 0) is 12.8 Å². The van der Waals surface area contributed by atoms with Crippen molar-refractivity contribution in [2.45, 2.75) is 32.9 Å². The number of hydrogen-bond donors (Lipinski definition) is 3. The molecule has 2 unspecified atom stereocenters. The van der Waals surface area contributed by atoms with E-state index in [4.69, 9.17) is 16.6 Å². The fourth-order valence-electron chi connectivity index (χ4n) is 1.18. The lowest BCUT2D eigenvalue weighted by atomic mass is 10.0. The minimum atomic E-state index is -1.28. The van der Waals surface area contributed by atoms with Gasteiger partial charge < -0.3 is 16.6 Å². The van der Waals surface area contributed by atoms with Crippen molar-refractivity contribution in [3.63, 3.8) is 0 Å². The van der Waals surface area contributed by atoms with Gasteiger partial charge in [0.05, 0.1) is 12.6 Å². The van der Waals surface area contributed by atoms with Gasteiger partial charge in [-0.1, -0.05) is 13.8 Å². The van der Waals surface area contributed by atoms with Crippen LogP contribution in [0.5, 0.6) is 0 Å². The van der Waals surface area contributed by atoms with Crippen molar-refractivity contribution in [1.29, 1.82) is 0 Å². The van der Waals surface area contributed by atoms with Crippen molar-refractivity contribution in [2.75, 3.05) is 6.54 Å². The number of rotatable bonds is 5. The van der Waals surface area contributed by atoms with Gasteiger partial charge in [0.1, 0.15) is 6.04 Å². The second-order valence-electron chi connectivity index (χ2n) is 4.09. The van der Waals surface area contributed by atoms with Gasteiger partial charge in [-0.2, -0.15) is 0 Å². The summed E-state index contributed by atoms with van der Waals surface area (Å²) in [4.78, 5) is 34.8. The number of nitrogens with zero attached hydrogens (tertiary/aromatic N) is 1. The van der Waals surface area contributed by atoms with E-state index in [0.717, 1.165) is 0 Å². The molecule has 5 N–H and O–H groups in total. The predicted molar refractivity (Wildman–Crippen MR) is 60.8 cm³/mol. The summed E-state index contributed by atoms with van der Waals surface area (Å²) in [5.74, 6) is -2.95. The first-order valence-corrected chi connectivity index (χ1v) is 5.28. The van der Waals surface area contributed by atoms with Crippen LogP contribution in [0.2, 0.25) is 0 Å². The molecule has 7 heteroatoms. The van der Waals surface area contributed by atoms with Gasteiger partial charge in [0.25, 0.3) is 0 Å². The monoisotopic (exact) mass is 245 g/mol. The summed E-state index contributed by atoms with van der Waals surface area (Å²) in [5, 5.41) is 8.84. The molecule has 0 radical (unpaired) electrons. The lowest BCUT2D eigenvalue weighted by Crippen LogP contribution is -2.56. The van der Waals surface area contributed by atoms with Crippen LogP contribution in [-0.2, 0) is 14.4 Å². The van der Waals surface area contributed by atoms with Crippen LogP contribution in [-0.4, -0.2) is 46.4 Å². The number of carbonyl (C=O) groups excluding carboxylic acids is 2. The molecule has 0 rings (SSSR count). The van der Waals surface area contributed by atoms with Crippen LogP contribution in [0.4, 0.5) is 0 Å². The Morgan fingerprint density at radius 2 is 1.71 bits per heavy atom. The predicted octanol–water partition coefficient (Wildman–Crippen LogP) is -1.24. The Kier molecular flexibility index (Phi) is 5.77. The Labute approximate surface area is 99.7 Å². The maximum atomic E-state index is 11.9. The highest BCUT2D eigenvalue weighted by Crippen LogP contribution is 2.08. The Morgan fingerprint density at radius 3 is 2.00 bits per heavy atom. The van der Waals surface area contributed by atoms with Crippen LogP contribution in [0, 0.1) is 5.92 Å². The Morgan fingerprint density at radius 1 is 1.24 bits per heavy atom. The van der Waals surface area contributed by atoms with Crippen LogP contribution in [0.3, 0.4) is 0 Å². The number of carbonyl (C=O) groups is 3. The number of imide groups is 1. The van der Waals surface area contributed by atoms with Crippen LogP contribution < -0.4 is 11.5 Å². The second kappa shape index (κ2) is 6.31. The maximum absolute atomic E-state index is 11.9. The van der Waals surface area contributed by atoms with Gasteiger partial charge in [-0.25, -0.2) is 4.79 Å². The molecule has 2 atom stereocenters. The average Bonchev–Trinajstić information content (AvgIpc) is 2.27. The number of nitrogens with two attached hydrogens (primary N) is 2. The van der Waals surface area contributed by atoms with Gasteiger partial charge in [0.15, 0.2) is 0 Å². The van der Waals surface area contributed by atoms with E-state index in [1.807, 2.05) is 0 Å². The first kappa shape index (κ1) is 15.5. The third-order valence-electron chi connectivity index (χ3n) is 2.43. The van der Waals surface area contributed by atoms with Gasteiger partial charge in [0, 0.05) is 0 Å². The zero-order valence-electron chi connectivity index (χ0n) is 10.2. The summed E-state index contributed by atoms with van der Waals surface area (Å²) in [5.41, 5.74) is 10.8. The standard InChI is InChI=1S/C10H19N3O4/c1-5(2)8(12)9(15)13(7(14)4-11)6(3)10(16)17/h5-6,8H,4,11-12H2,1-3H3,(H,16,17). The van der Waals surface area contributed by atoms with E-state index in [2.05, 4.69) is 0 Å². The third kappa shape index (κ3) is 3.79. The van der Waals surface area contributed by atoms with Crippen molar-refractivity contribution in [1.82, 2.24) is 4.90 Å². The smallest absolute Gasteiger partial charge is 0.326 e. The summed E-state index contributed by atoms with van der Waals surface area (Å²) in [6.07, 6.45) is 0. The number of amides is 2. The maximum Gasteiger partial charge on any atom is 0.326 e. The van der Waals surface area contributed by atoms with Crippen molar-refractivity contribution in [2.24, 2.45) is 17.4 Å². The summed E-state index contributed by atoms with van der Waals surface area (Å²) in [7, 11) is 0. The van der Waals surface area contributed by atoms with E-state index in [1.54, 1.807) is 13.8 Å².